The van der Waals surface area contributed by atoms with Gasteiger partial charge in [-0.3, -0.25) is 9.59 Å². The van der Waals surface area contributed by atoms with Crippen LogP contribution in [0.5, 0.6) is 0 Å². The van der Waals surface area contributed by atoms with Crippen LogP contribution in [0.4, 0.5) is 0 Å². The number of aromatic amines is 1. The first kappa shape index (κ1) is 18.9. The van der Waals surface area contributed by atoms with Gasteiger partial charge < -0.3 is 10.3 Å². The molecule has 0 saturated carbocycles. The van der Waals surface area contributed by atoms with Crippen LogP contribution in [0.15, 0.2) is 29.2 Å². The van der Waals surface area contributed by atoms with Gasteiger partial charge in [0.15, 0.2) is 15.6 Å². The van der Waals surface area contributed by atoms with Crippen LogP contribution in [0.1, 0.15) is 57.6 Å². The van der Waals surface area contributed by atoms with Gasteiger partial charge in [0.2, 0.25) is 0 Å². The maximum Gasteiger partial charge on any atom is 0.268 e. The third-order valence-electron chi connectivity index (χ3n) is 4.17. The smallest absolute Gasteiger partial charge is 0.268 e. The summed E-state index contributed by atoms with van der Waals surface area (Å²) in [5.41, 5.74) is 2.98. The molecule has 25 heavy (non-hydrogen) atoms. The number of amides is 1. The zero-order valence-electron chi connectivity index (χ0n) is 14.9. The van der Waals surface area contributed by atoms with Crippen LogP contribution < -0.4 is 5.32 Å². The van der Waals surface area contributed by atoms with E-state index < -0.39 is 9.84 Å². The molecule has 0 spiro atoms. The highest BCUT2D eigenvalue weighted by Gasteiger charge is 2.21. The van der Waals surface area contributed by atoms with Gasteiger partial charge in [0.05, 0.1) is 10.9 Å². The van der Waals surface area contributed by atoms with Gasteiger partial charge in [0.1, 0.15) is 5.69 Å². The largest absolute Gasteiger partial charge is 0.354 e. The van der Waals surface area contributed by atoms with E-state index in [1.165, 1.54) is 19.1 Å². The second kappa shape index (κ2) is 6.84. The molecule has 2 N–H and O–H groups in total. The monoisotopic (exact) mass is 362 g/mol. The number of H-pyrrole nitrogens is 1. The maximum absolute atomic E-state index is 12.5. The molecule has 0 saturated heterocycles. The van der Waals surface area contributed by atoms with Crippen LogP contribution in [0.2, 0.25) is 0 Å². The van der Waals surface area contributed by atoms with E-state index in [9.17, 15) is 18.0 Å². The Morgan fingerprint density at radius 3 is 2.12 bits per heavy atom. The summed E-state index contributed by atoms with van der Waals surface area (Å²) in [4.78, 5) is 27.4. The fourth-order valence-corrected chi connectivity index (χ4v) is 3.49. The van der Waals surface area contributed by atoms with Crippen molar-refractivity contribution in [2.45, 2.75) is 38.6 Å². The van der Waals surface area contributed by atoms with Crippen molar-refractivity contribution in [1.82, 2.24) is 10.3 Å². The molecule has 1 atom stereocenters. The number of sulfone groups is 1. The van der Waals surface area contributed by atoms with Crippen molar-refractivity contribution < 1.29 is 18.0 Å². The van der Waals surface area contributed by atoms with Crippen molar-refractivity contribution in [3.63, 3.8) is 0 Å². The molecule has 0 aliphatic heterocycles. The van der Waals surface area contributed by atoms with Crippen molar-refractivity contribution in [2.75, 3.05) is 6.26 Å². The van der Waals surface area contributed by atoms with Crippen LogP contribution in [0.25, 0.3) is 0 Å². The van der Waals surface area contributed by atoms with Gasteiger partial charge in [0, 0.05) is 17.5 Å². The zero-order chi connectivity index (χ0) is 18.9. The molecule has 6 nitrogen and oxygen atoms in total. The molecule has 1 aromatic heterocycles. The predicted molar refractivity (Wildman–Crippen MR) is 95.7 cm³/mol. The van der Waals surface area contributed by atoms with E-state index in [1.54, 1.807) is 26.0 Å². The molecular formula is C18H22N2O4S. The first-order valence-electron chi connectivity index (χ1n) is 7.83. The fraction of sp³-hybridized carbons (Fsp3) is 0.333. The average Bonchev–Trinajstić information content (AvgIpc) is 2.81. The molecule has 0 fully saturated rings. The Kier molecular flexibility index (Phi) is 5.17. The van der Waals surface area contributed by atoms with Gasteiger partial charge in [0.25, 0.3) is 5.91 Å². The molecule has 2 aromatic rings. The quantitative estimate of drug-likeness (QED) is 0.799. The minimum absolute atomic E-state index is 0.0882. The van der Waals surface area contributed by atoms with Crippen molar-refractivity contribution in [3.8, 4) is 0 Å². The van der Waals surface area contributed by atoms with E-state index in [2.05, 4.69) is 10.3 Å². The van der Waals surface area contributed by atoms with E-state index in [-0.39, 0.29) is 22.6 Å². The Balaban J connectivity index is 2.21. The third-order valence-corrected chi connectivity index (χ3v) is 5.30. The zero-order valence-corrected chi connectivity index (χ0v) is 15.7. The number of aryl methyl sites for hydroxylation is 1. The summed E-state index contributed by atoms with van der Waals surface area (Å²) in [6.45, 7) is 6.77. The Morgan fingerprint density at radius 1 is 1.12 bits per heavy atom. The number of carbonyl (C=O) groups is 2. The number of nitrogens with one attached hydrogen (secondary N) is 2. The Labute approximate surface area is 147 Å². The SMILES string of the molecule is CC(=O)c1c(C)[nH]c(C(=O)NC(C)c2ccc(S(C)(=O)=O)cc2)c1C. The molecule has 1 aromatic carbocycles. The lowest BCUT2D eigenvalue weighted by Gasteiger charge is -2.14. The lowest BCUT2D eigenvalue weighted by molar-refractivity contribution is 0.0934. The summed E-state index contributed by atoms with van der Waals surface area (Å²) in [6, 6.07) is 6.07. The molecule has 0 radical (unpaired) electrons. The molecule has 0 bridgehead atoms. The van der Waals surface area contributed by atoms with E-state index in [0.29, 0.717) is 22.5 Å². The van der Waals surface area contributed by atoms with Crippen LogP contribution in [0, 0.1) is 13.8 Å². The molecule has 1 unspecified atom stereocenters. The number of Topliss-reactive ketones (excluding diaryl/α,β-unsaturated/α-hetero) is 1. The topological polar surface area (TPSA) is 96.1 Å². The summed E-state index contributed by atoms with van der Waals surface area (Å²) in [5, 5.41) is 2.86. The van der Waals surface area contributed by atoms with Crippen molar-refractivity contribution in [3.05, 3.63) is 52.3 Å². The van der Waals surface area contributed by atoms with Crippen molar-refractivity contribution in [1.29, 1.82) is 0 Å². The number of hydrogen-bond acceptors (Lipinski definition) is 4. The molecule has 1 amide bonds. The van der Waals surface area contributed by atoms with E-state index >= 15 is 0 Å². The standard InChI is InChI=1S/C18H22N2O4S/c1-10-16(13(4)21)12(3)19-17(10)18(22)20-11(2)14-6-8-15(9-7-14)25(5,23)24/h6-9,11,19H,1-5H3,(H,20,22). The summed E-state index contributed by atoms with van der Waals surface area (Å²) < 4.78 is 23.0. The van der Waals surface area contributed by atoms with Gasteiger partial charge in [-0.2, -0.15) is 0 Å². The highest BCUT2D eigenvalue weighted by Crippen LogP contribution is 2.20. The van der Waals surface area contributed by atoms with Gasteiger partial charge in [-0.1, -0.05) is 12.1 Å². The lowest BCUT2D eigenvalue weighted by Crippen LogP contribution is -2.27. The van der Waals surface area contributed by atoms with E-state index in [1.807, 2.05) is 6.92 Å². The van der Waals surface area contributed by atoms with E-state index in [4.69, 9.17) is 0 Å². The molecule has 134 valence electrons. The van der Waals surface area contributed by atoms with Crippen LogP contribution in [-0.4, -0.2) is 31.3 Å². The van der Waals surface area contributed by atoms with E-state index in [0.717, 1.165) is 11.8 Å². The Hall–Kier alpha value is -2.41. The van der Waals surface area contributed by atoms with Crippen molar-refractivity contribution >= 4 is 21.5 Å². The summed E-state index contributed by atoms with van der Waals surface area (Å²) in [6.07, 6.45) is 1.15. The van der Waals surface area contributed by atoms with Crippen LogP contribution in [-0.2, 0) is 9.84 Å². The first-order chi connectivity index (χ1) is 11.5. The maximum atomic E-state index is 12.5. The lowest BCUT2D eigenvalue weighted by atomic mass is 10.1. The van der Waals surface area contributed by atoms with Crippen molar-refractivity contribution in [2.24, 2.45) is 0 Å². The first-order valence-corrected chi connectivity index (χ1v) is 9.72. The summed E-state index contributed by atoms with van der Waals surface area (Å²) >= 11 is 0. The Bertz CT molecular complexity index is 925. The van der Waals surface area contributed by atoms with Gasteiger partial charge in [-0.05, 0) is 51.0 Å². The van der Waals surface area contributed by atoms with Crippen LogP contribution in [0.3, 0.4) is 0 Å². The number of benzene rings is 1. The molecule has 2 rings (SSSR count). The number of carbonyl (C=O) groups excluding carboxylic acids is 2. The number of ketones is 1. The summed E-state index contributed by atoms with van der Waals surface area (Å²) in [5.74, 6) is -0.400. The normalized spacial score (nSPS) is 12.7. The molecule has 0 aliphatic rings. The molecule has 7 heteroatoms. The van der Waals surface area contributed by atoms with Gasteiger partial charge >= 0.3 is 0 Å². The second-order valence-electron chi connectivity index (χ2n) is 6.22. The van der Waals surface area contributed by atoms with Gasteiger partial charge in [-0.15, -0.1) is 0 Å². The average molecular weight is 362 g/mol. The number of aromatic nitrogens is 1. The summed E-state index contributed by atoms with van der Waals surface area (Å²) in [7, 11) is -3.25. The van der Waals surface area contributed by atoms with Gasteiger partial charge in [-0.25, -0.2) is 8.42 Å². The fourth-order valence-electron chi connectivity index (χ4n) is 2.86. The molecular weight excluding hydrogens is 340 g/mol. The number of rotatable bonds is 5. The molecule has 0 aliphatic carbocycles. The second-order valence-corrected chi connectivity index (χ2v) is 8.23. The predicted octanol–water partition coefficient (Wildman–Crippen LogP) is 2.73. The minimum atomic E-state index is -3.25. The Morgan fingerprint density at radius 2 is 1.68 bits per heavy atom. The van der Waals surface area contributed by atoms with Crippen LogP contribution >= 0.6 is 0 Å². The highest BCUT2D eigenvalue weighted by atomic mass is 32.2. The highest BCUT2D eigenvalue weighted by molar-refractivity contribution is 7.90. The minimum Gasteiger partial charge on any atom is -0.354 e. The molecule has 1 heterocycles. The number of hydrogen-bond donors (Lipinski definition) is 2. The third kappa shape index (κ3) is 3.99.